The summed E-state index contributed by atoms with van der Waals surface area (Å²) in [5, 5.41) is 21.5. The third kappa shape index (κ3) is 4.17. The number of aliphatic hydroxyl groups is 1. The van der Waals surface area contributed by atoms with Gasteiger partial charge in [0.15, 0.2) is 11.5 Å². The van der Waals surface area contributed by atoms with Crippen molar-refractivity contribution in [2.45, 2.75) is 38.5 Å². The Balaban J connectivity index is 1.56. The average molecular weight is 490 g/mol. The number of imidazole rings is 1. The van der Waals surface area contributed by atoms with E-state index in [-0.39, 0.29) is 35.5 Å². The number of hydrogen-bond donors (Lipinski definition) is 2. The minimum atomic E-state index is -0.842. The largest absolute Gasteiger partial charge is 0.507 e. The molecule has 3 aromatic rings. The second-order valence-electron chi connectivity index (χ2n) is 9.03. The van der Waals surface area contributed by atoms with Crippen LogP contribution in [0.4, 0.5) is 0 Å². The second kappa shape index (κ2) is 9.41. The van der Waals surface area contributed by atoms with Crippen molar-refractivity contribution in [3.8, 4) is 17.2 Å². The number of likely N-dealkylation sites (tertiary alicyclic amines) is 1. The number of nitrogens with zero attached hydrogens (tertiary/aromatic N) is 3. The molecule has 9 heteroatoms. The molecule has 2 aliphatic heterocycles. The number of carbonyl (C=O) groups is 2. The summed E-state index contributed by atoms with van der Waals surface area (Å²) in [6.07, 6.45) is 6.49. The van der Waals surface area contributed by atoms with Gasteiger partial charge in [-0.3, -0.25) is 9.59 Å². The molecule has 1 fully saturated rings. The Morgan fingerprint density at radius 3 is 2.78 bits per heavy atom. The summed E-state index contributed by atoms with van der Waals surface area (Å²) in [6.45, 7) is 2.85. The molecule has 2 aliphatic rings. The lowest BCUT2D eigenvalue weighted by molar-refractivity contribution is -0.139. The summed E-state index contributed by atoms with van der Waals surface area (Å²) in [4.78, 5) is 32.0. The standard InChI is InChI=1S/C27H27N3O6/c1-16-12-19-13-18(5-7-21(19)36-16)25(32)23-24(17-4-6-20(31)22(14-17)35-2)30(27(34)26(23)33)10-3-9-29-11-8-28-15-29/h4-8,11,13-16,24,31-32H,3,9-10,12H2,1-2H3/t16-,24-/m0/s1. The minimum Gasteiger partial charge on any atom is -0.507 e. The van der Waals surface area contributed by atoms with Gasteiger partial charge in [0.2, 0.25) is 0 Å². The Bertz CT molecular complexity index is 1350. The third-order valence-corrected chi connectivity index (χ3v) is 6.60. The lowest BCUT2D eigenvalue weighted by atomic mass is 9.94. The molecule has 0 radical (unpaired) electrons. The summed E-state index contributed by atoms with van der Waals surface area (Å²) >= 11 is 0. The van der Waals surface area contributed by atoms with Gasteiger partial charge in [-0.2, -0.15) is 0 Å². The van der Waals surface area contributed by atoms with E-state index in [9.17, 15) is 19.8 Å². The Hall–Kier alpha value is -4.27. The average Bonchev–Trinajstić information content (AvgIpc) is 3.58. The van der Waals surface area contributed by atoms with Crippen molar-refractivity contribution in [1.82, 2.24) is 14.5 Å². The van der Waals surface area contributed by atoms with Crippen molar-refractivity contribution < 1.29 is 29.3 Å². The van der Waals surface area contributed by atoms with Gasteiger partial charge in [-0.15, -0.1) is 0 Å². The molecule has 36 heavy (non-hydrogen) atoms. The van der Waals surface area contributed by atoms with Crippen LogP contribution in [0.15, 0.2) is 60.7 Å². The van der Waals surface area contributed by atoms with E-state index in [1.165, 1.54) is 18.1 Å². The lowest BCUT2D eigenvalue weighted by Gasteiger charge is -2.26. The number of aliphatic hydroxyl groups excluding tert-OH is 1. The number of Topliss-reactive ketones (excluding diaryl/α,β-unsaturated/α-hetero) is 1. The van der Waals surface area contributed by atoms with Crippen LogP contribution >= 0.6 is 0 Å². The van der Waals surface area contributed by atoms with E-state index in [4.69, 9.17) is 9.47 Å². The third-order valence-electron chi connectivity index (χ3n) is 6.60. The van der Waals surface area contributed by atoms with Crippen LogP contribution in [-0.4, -0.2) is 56.1 Å². The number of amides is 1. The number of benzene rings is 2. The quantitative estimate of drug-likeness (QED) is 0.297. The van der Waals surface area contributed by atoms with Crippen LogP contribution in [0, 0.1) is 0 Å². The number of phenols is 1. The number of aromatic nitrogens is 2. The molecule has 3 heterocycles. The molecule has 186 valence electrons. The van der Waals surface area contributed by atoms with Crippen molar-refractivity contribution >= 4 is 17.4 Å². The zero-order chi connectivity index (χ0) is 25.4. The SMILES string of the molecule is COc1cc([C@H]2C(=C(O)c3ccc4c(c3)C[C@H](C)O4)C(=O)C(=O)N2CCCn2ccnc2)ccc1O. The summed E-state index contributed by atoms with van der Waals surface area (Å²) < 4.78 is 12.9. The molecule has 5 rings (SSSR count). The Labute approximate surface area is 208 Å². The summed E-state index contributed by atoms with van der Waals surface area (Å²) in [5.74, 6) is -0.787. The van der Waals surface area contributed by atoms with Gasteiger partial charge in [0.05, 0.1) is 25.1 Å². The molecule has 0 aliphatic carbocycles. The molecule has 1 amide bonds. The highest BCUT2D eigenvalue weighted by molar-refractivity contribution is 6.46. The van der Waals surface area contributed by atoms with E-state index >= 15 is 0 Å². The van der Waals surface area contributed by atoms with Crippen molar-refractivity contribution in [2.24, 2.45) is 0 Å². The molecule has 2 aromatic carbocycles. The van der Waals surface area contributed by atoms with Crippen LogP contribution in [-0.2, 0) is 22.6 Å². The molecule has 9 nitrogen and oxygen atoms in total. The molecule has 1 aromatic heterocycles. The van der Waals surface area contributed by atoms with E-state index in [0.717, 1.165) is 11.3 Å². The minimum absolute atomic E-state index is 0.00212. The first-order valence-corrected chi connectivity index (χ1v) is 11.8. The van der Waals surface area contributed by atoms with Crippen LogP contribution in [0.2, 0.25) is 0 Å². The Morgan fingerprint density at radius 2 is 2.03 bits per heavy atom. The van der Waals surface area contributed by atoms with Gasteiger partial charge in [-0.05, 0) is 54.8 Å². The van der Waals surface area contributed by atoms with Gasteiger partial charge in [0.1, 0.15) is 17.6 Å². The van der Waals surface area contributed by atoms with Crippen molar-refractivity contribution in [3.63, 3.8) is 0 Å². The number of carbonyl (C=O) groups excluding carboxylic acids is 2. The normalized spacial score (nSPS) is 20.4. The summed E-state index contributed by atoms with van der Waals surface area (Å²) in [5.41, 5.74) is 1.93. The van der Waals surface area contributed by atoms with Gasteiger partial charge >= 0.3 is 0 Å². The first-order chi connectivity index (χ1) is 17.4. The van der Waals surface area contributed by atoms with Gasteiger partial charge in [-0.1, -0.05) is 6.07 Å². The zero-order valence-electron chi connectivity index (χ0n) is 20.0. The van der Waals surface area contributed by atoms with Crippen LogP contribution in [0.5, 0.6) is 17.2 Å². The number of methoxy groups -OCH3 is 1. The number of aryl methyl sites for hydroxylation is 1. The zero-order valence-corrected chi connectivity index (χ0v) is 20.0. The molecule has 0 spiro atoms. The molecule has 0 bridgehead atoms. The molecule has 2 N–H and O–H groups in total. The van der Waals surface area contributed by atoms with Crippen molar-refractivity contribution in [2.75, 3.05) is 13.7 Å². The maximum Gasteiger partial charge on any atom is 0.295 e. The van der Waals surface area contributed by atoms with Crippen LogP contribution in [0.25, 0.3) is 5.76 Å². The van der Waals surface area contributed by atoms with E-state index in [0.29, 0.717) is 30.5 Å². The summed E-state index contributed by atoms with van der Waals surface area (Å²) in [7, 11) is 1.43. The topological polar surface area (TPSA) is 114 Å². The molecule has 0 unspecified atom stereocenters. The molecular formula is C27H27N3O6. The predicted molar refractivity (Wildman–Crippen MR) is 131 cm³/mol. The molecule has 2 atom stereocenters. The van der Waals surface area contributed by atoms with Gasteiger partial charge < -0.3 is 29.2 Å². The maximum atomic E-state index is 13.3. The molecule has 0 saturated carbocycles. The number of ketones is 1. The van der Waals surface area contributed by atoms with Crippen LogP contribution in [0.1, 0.15) is 36.1 Å². The predicted octanol–water partition coefficient (Wildman–Crippen LogP) is 3.43. The number of fused-ring (bicyclic) bond motifs is 1. The molecular weight excluding hydrogens is 462 g/mol. The Kier molecular flexibility index (Phi) is 6.13. The number of hydrogen-bond acceptors (Lipinski definition) is 7. The second-order valence-corrected chi connectivity index (χ2v) is 9.03. The van der Waals surface area contributed by atoms with Crippen LogP contribution < -0.4 is 9.47 Å². The van der Waals surface area contributed by atoms with Gasteiger partial charge in [-0.25, -0.2) is 4.98 Å². The summed E-state index contributed by atoms with van der Waals surface area (Å²) in [6, 6.07) is 9.08. The van der Waals surface area contributed by atoms with E-state index in [2.05, 4.69) is 4.98 Å². The monoisotopic (exact) mass is 489 g/mol. The highest BCUT2D eigenvalue weighted by atomic mass is 16.5. The first-order valence-electron chi connectivity index (χ1n) is 11.8. The van der Waals surface area contributed by atoms with Gasteiger partial charge in [0, 0.05) is 37.5 Å². The number of ether oxygens (including phenoxy) is 2. The van der Waals surface area contributed by atoms with Crippen molar-refractivity contribution in [1.29, 1.82) is 0 Å². The fourth-order valence-electron chi connectivity index (χ4n) is 4.89. The van der Waals surface area contributed by atoms with E-state index < -0.39 is 17.7 Å². The fourth-order valence-corrected chi connectivity index (χ4v) is 4.89. The Morgan fingerprint density at radius 1 is 1.19 bits per heavy atom. The number of rotatable bonds is 7. The highest BCUT2D eigenvalue weighted by Crippen LogP contribution is 2.42. The molecule has 1 saturated heterocycles. The first kappa shape index (κ1) is 23.5. The number of phenolic OH excluding ortho intramolecular Hbond substituents is 1. The van der Waals surface area contributed by atoms with Crippen LogP contribution in [0.3, 0.4) is 0 Å². The highest BCUT2D eigenvalue weighted by Gasteiger charge is 2.46. The van der Waals surface area contributed by atoms with Gasteiger partial charge in [0.25, 0.3) is 11.7 Å². The lowest BCUT2D eigenvalue weighted by Crippen LogP contribution is -2.31. The van der Waals surface area contributed by atoms with E-state index in [1.807, 2.05) is 17.7 Å². The fraction of sp³-hybridized carbons (Fsp3) is 0.296. The maximum absolute atomic E-state index is 13.3. The van der Waals surface area contributed by atoms with E-state index in [1.54, 1.807) is 42.9 Å². The number of aromatic hydroxyl groups is 1. The van der Waals surface area contributed by atoms with Crippen molar-refractivity contribution in [3.05, 3.63) is 77.4 Å². The smallest absolute Gasteiger partial charge is 0.295 e.